The van der Waals surface area contributed by atoms with Crippen LogP contribution in [0.3, 0.4) is 0 Å². The molecule has 7 nitrogen and oxygen atoms in total. The number of aliphatic carboxylic acids is 2. The lowest BCUT2D eigenvalue weighted by molar-refractivity contribution is -0.142. The Morgan fingerprint density at radius 1 is 0.788 bits per heavy atom. The van der Waals surface area contributed by atoms with Crippen LogP contribution < -0.4 is 15.4 Å². The minimum absolute atomic E-state index is 0.437. The predicted molar refractivity (Wildman–Crippen MR) is 129 cm³/mol. The number of nitrogens with one attached hydrogen (secondary N) is 2. The molecule has 0 aromatic heterocycles. The summed E-state index contributed by atoms with van der Waals surface area (Å²) < 4.78 is 6.03. The van der Waals surface area contributed by atoms with Crippen molar-refractivity contribution in [3.8, 4) is 11.5 Å². The number of rotatable bonds is 16. The van der Waals surface area contributed by atoms with Gasteiger partial charge in [0.25, 0.3) is 0 Å². The number of carbonyl (C=O) groups is 2. The number of hydrogen-bond acceptors (Lipinski definition) is 5. The fourth-order valence-electron chi connectivity index (χ4n) is 3.85. The van der Waals surface area contributed by atoms with E-state index in [4.69, 9.17) is 4.74 Å². The zero-order chi connectivity index (χ0) is 24.1. The molecule has 0 saturated heterocycles. The van der Waals surface area contributed by atoms with Crippen LogP contribution in [0.2, 0.25) is 0 Å². The maximum atomic E-state index is 11.6. The van der Waals surface area contributed by atoms with Gasteiger partial charge in [-0.05, 0) is 101 Å². The molecule has 0 aliphatic rings. The van der Waals surface area contributed by atoms with E-state index in [0.29, 0.717) is 37.2 Å². The highest BCUT2D eigenvalue weighted by atomic mass is 16.5. The standard InChI is InChI=1S/C26H36N2O5/c1-27-13-5-9-21(25(29)30)15-19-7-3-11-23(17-19)33-24-12-4-8-20(18-24)16-22(26(31)32)10-6-14-28-2/h3-4,7-8,11-12,17-18,21-22,27-28H,5-6,9-10,13-16H2,1-2H3,(H,29,30)(H,31,32). The molecule has 7 heteroatoms. The fraction of sp³-hybridized carbons (Fsp3) is 0.462. The van der Waals surface area contributed by atoms with Crippen molar-refractivity contribution in [3.05, 3.63) is 59.7 Å². The summed E-state index contributed by atoms with van der Waals surface area (Å²) in [5, 5.41) is 25.2. The van der Waals surface area contributed by atoms with Crippen LogP contribution in [0, 0.1) is 11.8 Å². The van der Waals surface area contributed by atoms with Crippen molar-refractivity contribution in [2.45, 2.75) is 38.5 Å². The molecule has 2 atom stereocenters. The highest BCUT2D eigenvalue weighted by Crippen LogP contribution is 2.26. The second-order valence-electron chi connectivity index (χ2n) is 8.37. The number of ether oxygens (including phenoxy) is 1. The lowest BCUT2D eigenvalue weighted by Crippen LogP contribution is -2.19. The van der Waals surface area contributed by atoms with Crippen LogP contribution in [0.15, 0.2) is 48.5 Å². The molecule has 2 aromatic rings. The monoisotopic (exact) mass is 456 g/mol. The number of hydrogen-bond donors (Lipinski definition) is 4. The summed E-state index contributed by atoms with van der Waals surface area (Å²) in [7, 11) is 3.72. The van der Waals surface area contributed by atoms with Crippen LogP contribution in [0.5, 0.6) is 11.5 Å². The van der Waals surface area contributed by atoms with E-state index in [9.17, 15) is 19.8 Å². The van der Waals surface area contributed by atoms with E-state index in [1.807, 2.05) is 62.6 Å². The summed E-state index contributed by atoms with van der Waals surface area (Å²) >= 11 is 0. The quantitative estimate of drug-likeness (QED) is 0.283. The Hall–Kier alpha value is -2.90. The van der Waals surface area contributed by atoms with E-state index in [-0.39, 0.29) is 0 Å². The van der Waals surface area contributed by atoms with Gasteiger partial charge in [0.1, 0.15) is 11.5 Å². The van der Waals surface area contributed by atoms with Crippen molar-refractivity contribution in [1.82, 2.24) is 10.6 Å². The summed E-state index contributed by atoms with van der Waals surface area (Å²) in [6.07, 6.45) is 3.74. The molecule has 33 heavy (non-hydrogen) atoms. The second-order valence-corrected chi connectivity index (χ2v) is 8.37. The molecular formula is C26H36N2O5. The van der Waals surface area contributed by atoms with Crippen molar-refractivity contribution in [3.63, 3.8) is 0 Å². The zero-order valence-corrected chi connectivity index (χ0v) is 19.5. The van der Waals surface area contributed by atoms with Gasteiger partial charge >= 0.3 is 11.9 Å². The largest absolute Gasteiger partial charge is 0.481 e. The van der Waals surface area contributed by atoms with Crippen molar-refractivity contribution in [1.29, 1.82) is 0 Å². The molecule has 2 unspecified atom stereocenters. The highest BCUT2D eigenvalue weighted by molar-refractivity contribution is 5.70. The van der Waals surface area contributed by atoms with Gasteiger partial charge in [0, 0.05) is 0 Å². The van der Waals surface area contributed by atoms with Crippen LogP contribution in [0.25, 0.3) is 0 Å². The van der Waals surface area contributed by atoms with Crippen molar-refractivity contribution < 1.29 is 24.5 Å². The van der Waals surface area contributed by atoms with E-state index in [1.165, 1.54) is 0 Å². The molecule has 4 N–H and O–H groups in total. The zero-order valence-electron chi connectivity index (χ0n) is 19.5. The maximum absolute atomic E-state index is 11.6. The Kier molecular flexibility index (Phi) is 11.4. The average Bonchev–Trinajstić information content (AvgIpc) is 2.78. The van der Waals surface area contributed by atoms with Gasteiger partial charge in [0.05, 0.1) is 11.8 Å². The van der Waals surface area contributed by atoms with E-state index >= 15 is 0 Å². The Morgan fingerprint density at radius 2 is 1.21 bits per heavy atom. The molecule has 0 amide bonds. The third-order valence-corrected chi connectivity index (χ3v) is 5.65. The number of carboxylic acids is 2. The summed E-state index contributed by atoms with van der Waals surface area (Å²) in [5.41, 5.74) is 1.83. The first-order valence-electron chi connectivity index (χ1n) is 11.5. The van der Waals surface area contributed by atoms with Gasteiger partial charge in [0.15, 0.2) is 0 Å². The normalized spacial score (nSPS) is 12.8. The number of benzene rings is 2. The Labute approximate surface area is 196 Å². The summed E-state index contributed by atoms with van der Waals surface area (Å²) in [6, 6.07) is 15.0. The molecule has 0 fully saturated rings. The molecule has 0 radical (unpaired) electrons. The van der Waals surface area contributed by atoms with Gasteiger partial charge in [-0.1, -0.05) is 24.3 Å². The van der Waals surface area contributed by atoms with Crippen molar-refractivity contribution in [2.24, 2.45) is 11.8 Å². The minimum Gasteiger partial charge on any atom is -0.481 e. The molecule has 180 valence electrons. The second kappa shape index (κ2) is 14.3. The van der Waals surface area contributed by atoms with E-state index in [0.717, 1.165) is 37.1 Å². The third-order valence-electron chi connectivity index (χ3n) is 5.65. The van der Waals surface area contributed by atoms with Gasteiger partial charge in [-0.15, -0.1) is 0 Å². The summed E-state index contributed by atoms with van der Waals surface area (Å²) in [6.45, 7) is 1.59. The van der Waals surface area contributed by atoms with Crippen LogP contribution >= 0.6 is 0 Å². The van der Waals surface area contributed by atoms with Crippen LogP contribution in [-0.4, -0.2) is 49.3 Å². The predicted octanol–water partition coefficient (Wildman–Crippen LogP) is 3.96. The topological polar surface area (TPSA) is 108 Å². The molecular weight excluding hydrogens is 420 g/mol. The lowest BCUT2D eigenvalue weighted by atomic mass is 9.94. The van der Waals surface area contributed by atoms with E-state index in [2.05, 4.69) is 10.6 Å². The first-order chi connectivity index (χ1) is 15.9. The highest BCUT2D eigenvalue weighted by Gasteiger charge is 2.19. The first kappa shape index (κ1) is 26.4. The molecule has 0 saturated carbocycles. The van der Waals surface area contributed by atoms with Crippen LogP contribution in [0.4, 0.5) is 0 Å². The van der Waals surface area contributed by atoms with Crippen molar-refractivity contribution >= 4 is 11.9 Å². The van der Waals surface area contributed by atoms with E-state index in [1.54, 1.807) is 0 Å². The average molecular weight is 457 g/mol. The number of carboxylic acid groups (broad SMARTS) is 2. The van der Waals surface area contributed by atoms with Gasteiger partial charge < -0.3 is 25.6 Å². The molecule has 0 bridgehead atoms. The lowest BCUT2D eigenvalue weighted by Gasteiger charge is -2.15. The summed E-state index contributed by atoms with van der Waals surface area (Å²) in [4.78, 5) is 23.3. The SMILES string of the molecule is CNCCCC(Cc1cccc(Oc2cccc(CC(CCCNC)C(=O)O)c2)c1)C(=O)O. The first-order valence-corrected chi connectivity index (χ1v) is 11.5. The van der Waals surface area contributed by atoms with E-state index < -0.39 is 23.8 Å². The van der Waals surface area contributed by atoms with Gasteiger partial charge in [-0.3, -0.25) is 9.59 Å². The minimum atomic E-state index is -0.784. The molecule has 2 rings (SSSR count). The summed E-state index contributed by atoms with van der Waals surface area (Å²) in [5.74, 6) is -1.18. The molecule has 0 aliphatic heterocycles. The van der Waals surface area contributed by atoms with Gasteiger partial charge in [-0.25, -0.2) is 0 Å². The fourth-order valence-corrected chi connectivity index (χ4v) is 3.85. The Balaban J connectivity index is 2.04. The van der Waals surface area contributed by atoms with Gasteiger partial charge in [0.2, 0.25) is 0 Å². The Morgan fingerprint density at radius 3 is 1.58 bits per heavy atom. The maximum Gasteiger partial charge on any atom is 0.306 e. The van der Waals surface area contributed by atoms with Crippen LogP contribution in [0.1, 0.15) is 36.8 Å². The third kappa shape index (κ3) is 9.63. The smallest absolute Gasteiger partial charge is 0.306 e. The molecule has 0 spiro atoms. The molecule has 0 heterocycles. The molecule has 2 aromatic carbocycles. The van der Waals surface area contributed by atoms with Gasteiger partial charge in [-0.2, -0.15) is 0 Å². The molecule has 0 aliphatic carbocycles. The Bertz CT molecular complexity index is 815. The van der Waals surface area contributed by atoms with Crippen LogP contribution in [-0.2, 0) is 22.4 Å². The van der Waals surface area contributed by atoms with Crippen molar-refractivity contribution in [2.75, 3.05) is 27.2 Å².